The predicted molar refractivity (Wildman–Crippen MR) is 95.8 cm³/mol. The third kappa shape index (κ3) is 3.25. The van der Waals surface area contributed by atoms with Crippen molar-refractivity contribution in [2.75, 3.05) is 5.32 Å². The Kier molecular flexibility index (Phi) is 4.07. The minimum atomic E-state index is -0.407. The topological polar surface area (TPSA) is 68.3 Å². The molecule has 5 nitrogen and oxygen atoms in total. The molecular formula is C20H13FN2O3. The van der Waals surface area contributed by atoms with Crippen LogP contribution >= 0.6 is 0 Å². The van der Waals surface area contributed by atoms with E-state index in [0.717, 1.165) is 0 Å². The minimum absolute atomic E-state index is 0.194. The van der Waals surface area contributed by atoms with Gasteiger partial charge in [0.05, 0.1) is 11.8 Å². The minimum Gasteiger partial charge on any atom is -0.465 e. The number of nitrogens with one attached hydrogen (secondary N) is 1. The monoisotopic (exact) mass is 348 g/mol. The lowest BCUT2D eigenvalue weighted by atomic mass is 10.2. The van der Waals surface area contributed by atoms with E-state index in [-0.39, 0.29) is 17.4 Å². The lowest BCUT2D eigenvalue weighted by Gasteiger charge is -2.00. The summed E-state index contributed by atoms with van der Waals surface area (Å²) in [6, 6.07) is 14.8. The summed E-state index contributed by atoms with van der Waals surface area (Å²) >= 11 is 0. The van der Waals surface area contributed by atoms with E-state index in [2.05, 4.69) is 10.3 Å². The fourth-order valence-corrected chi connectivity index (χ4v) is 2.48. The third-order valence-electron chi connectivity index (χ3n) is 3.70. The normalized spacial score (nSPS) is 11.3. The molecule has 1 N–H and O–H groups in total. The van der Waals surface area contributed by atoms with E-state index in [9.17, 15) is 9.18 Å². The second kappa shape index (κ2) is 6.68. The molecule has 0 saturated carbocycles. The highest BCUT2D eigenvalue weighted by Gasteiger charge is 2.12. The van der Waals surface area contributed by atoms with Crippen molar-refractivity contribution in [3.63, 3.8) is 0 Å². The lowest BCUT2D eigenvalue weighted by molar-refractivity contribution is -0.111. The smallest absolute Gasteiger partial charge is 0.248 e. The molecule has 128 valence electrons. The van der Waals surface area contributed by atoms with Crippen molar-refractivity contribution in [3.8, 4) is 11.5 Å². The zero-order valence-corrected chi connectivity index (χ0v) is 13.5. The van der Waals surface area contributed by atoms with Crippen LogP contribution in [0.3, 0.4) is 0 Å². The van der Waals surface area contributed by atoms with Crippen LogP contribution in [0.5, 0.6) is 0 Å². The van der Waals surface area contributed by atoms with Gasteiger partial charge >= 0.3 is 0 Å². The van der Waals surface area contributed by atoms with Crippen LogP contribution in [0, 0.1) is 5.82 Å². The summed E-state index contributed by atoms with van der Waals surface area (Å²) < 4.78 is 24.6. The Bertz CT molecular complexity index is 1100. The van der Waals surface area contributed by atoms with Gasteiger partial charge in [0.25, 0.3) is 0 Å². The van der Waals surface area contributed by atoms with Crippen molar-refractivity contribution in [2.24, 2.45) is 0 Å². The number of aromatic nitrogens is 1. The molecule has 2 aromatic heterocycles. The van der Waals surface area contributed by atoms with Crippen LogP contribution in [-0.4, -0.2) is 10.9 Å². The van der Waals surface area contributed by atoms with E-state index in [1.54, 1.807) is 54.6 Å². The maximum absolute atomic E-state index is 13.9. The molecule has 6 heteroatoms. The summed E-state index contributed by atoms with van der Waals surface area (Å²) in [6.45, 7) is 0. The summed E-state index contributed by atoms with van der Waals surface area (Å²) in [4.78, 5) is 16.3. The number of oxazole rings is 1. The van der Waals surface area contributed by atoms with Crippen molar-refractivity contribution in [2.45, 2.75) is 0 Å². The van der Waals surface area contributed by atoms with Gasteiger partial charge in [0.1, 0.15) is 17.1 Å². The Hall–Kier alpha value is -3.67. The number of nitrogens with zero attached hydrogens (tertiary/aromatic N) is 1. The van der Waals surface area contributed by atoms with Crippen molar-refractivity contribution < 1.29 is 18.0 Å². The number of halogens is 1. The first kappa shape index (κ1) is 15.8. The SMILES string of the molecule is O=C(C=Cc1ccco1)Nc1ccc2oc(-c3ccccc3F)nc2c1. The van der Waals surface area contributed by atoms with Gasteiger partial charge in [-0.2, -0.15) is 0 Å². The highest BCUT2D eigenvalue weighted by Crippen LogP contribution is 2.27. The number of carbonyl (C=O) groups excluding carboxylic acids is 1. The van der Waals surface area contributed by atoms with E-state index in [4.69, 9.17) is 8.83 Å². The zero-order valence-electron chi connectivity index (χ0n) is 13.5. The first-order valence-electron chi connectivity index (χ1n) is 7.87. The van der Waals surface area contributed by atoms with Crippen LogP contribution in [-0.2, 0) is 4.79 Å². The molecular weight excluding hydrogens is 335 g/mol. The fourth-order valence-electron chi connectivity index (χ4n) is 2.48. The summed E-state index contributed by atoms with van der Waals surface area (Å²) in [5.74, 6) is 0.0649. The maximum atomic E-state index is 13.9. The molecule has 4 aromatic rings. The number of carbonyl (C=O) groups is 1. The van der Waals surface area contributed by atoms with Crippen molar-refractivity contribution >= 4 is 28.8 Å². The van der Waals surface area contributed by atoms with Crippen LogP contribution in [0.25, 0.3) is 28.6 Å². The molecule has 26 heavy (non-hydrogen) atoms. The van der Waals surface area contributed by atoms with E-state index in [0.29, 0.717) is 22.5 Å². The largest absolute Gasteiger partial charge is 0.465 e. The number of rotatable bonds is 4. The van der Waals surface area contributed by atoms with Gasteiger partial charge in [-0.15, -0.1) is 0 Å². The van der Waals surface area contributed by atoms with Crippen molar-refractivity contribution in [3.05, 3.63) is 78.5 Å². The number of hydrogen-bond acceptors (Lipinski definition) is 4. The molecule has 0 bridgehead atoms. The number of anilines is 1. The molecule has 0 spiro atoms. The average molecular weight is 348 g/mol. The highest BCUT2D eigenvalue weighted by molar-refractivity contribution is 6.02. The van der Waals surface area contributed by atoms with Crippen molar-refractivity contribution in [1.82, 2.24) is 4.98 Å². The van der Waals surface area contributed by atoms with Crippen LogP contribution in [0.4, 0.5) is 10.1 Å². The van der Waals surface area contributed by atoms with E-state index < -0.39 is 5.82 Å². The predicted octanol–water partition coefficient (Wildman–Crippen LogP) is 4.88. The number of hydrogen-bond donors (Lipinski definition) is 1. The first-order valence-corrected chi connectivity index (χ1v) is 7.87. The number of amides is 1. The van der Waals surface area contributed by atoms with E-state index in [1.165, 1.54) is 18.4 Å². The molecule has 0 radical (unpaired) electrons. The van der Waals surface area contributed by atoms with Gasteiger partial charge in [0.2, 0.25) is 11.8 Å². The standard InChI is InChI=1S/C20H13FN2O3/c21-16-6-2-1-5-15(16)20-23-17-12-13(7-9-18(17)26-20)22-19(24)10-8-14-4-3-11-25-14/h1-12H,(H,22,24). The molecule has 0 fully saturated rings. The highest BCUT2D eigenvalue weighted by atomic mass is 19.1. The summed E-state index contributed by atoms with van der Waals surface area (Å²) in [6.07, 6.45) is 4.47. The molecule has 0 atom stereocenters. The molecule has 0 aliphatic carbocycles. The Morgan fingerprint density at radius 3 is 2.81 bits per heavy atom. The van der Waals surface area contributed by atoms with E-state index >= 15 is 0 Å². The second-order valence-electron chi connectivity index (χ2n) is 5.52. The maximum Gasteiger partial charge on any atom is 0.248 e. The lowest BCUT2D eigenvalue weighted by Crippen LogP contribution is -2.07. The molecule has 2 heterocycles. The summed E-state index contributed by atoms with van der Waals surface area (Å²) in [5, 5.41) is 2.73. The van der Waals surface area contributed by atoms with Gasteiger partial charge in [-0.25, -0.2) is 9.37 Å². The van der Waals surface area contributed by atoms with Crippen molar-refractivity contribution in [1.29, 1.82) is 0 Å². The first-order chi connectivity index (χ1) is 12.7. The van der Waals surface area contributed by atoms with E-state index in [1.807, 2.05) is 0 Å². The molecule has 2 aromatic carbocycles. The second-order valence-corrected chi connectivity index (χ2v) is 5.52. The molecule has 0 saturated heterocycles. The third-order valence-corrected chi connectivity index (χ3v) is 3.70. The van der Waals surface area contributed by atoms with Crippen LogP contribution in [0.1, 0.15) is 5.76 Å². The Balaban J connectivity index is 1.56. The van der Waals surface area contributed by atoms with Crippen LogP contribution < -0.4 is 5.32 Å². The summed E-state index contributed by atoms with van der Waals surface area (Å²) in [7, 11) is 0. The molecule has 0 unspecified atom stereocenters. The molecule has 1 amide bonds. The zero-order chi connectivity index (χ0) is 17.9. The quantitative estimate of drug-likeness (QED) is 0.534. The number of furan rings is 1. The van der Waals surface area contributed by atoms with Crippen LogP contribution in [0.2, 0.25) is 0 Å². The summed E-state index contributed by atoms with van der Waals surface area (Å²) in [5.41, 5.74) is 1.87. The Labute approximate surface area is 147 Å². The fraction of sp³-hybridized carbons (Fsp3) is 0. The van der Waals surface area contributed by atoms with Crippen LogP contribution in [0.15, 0.2) is 75.8 Å². The Morgan fingerprint density at radius 2 is 2.00 bits per heavy atom. The van der Waals surface area contributed by atoms with Gasteiger partial charge in [-0.05, 0) is 48.5 Å². The van der Waals surface area contributed by atoms with Gasteiger partial charge in [0, 0.05) is 11.8 Å². The Morgan fingerprint density at radius 1 is 1.12 bits per heavy atom. The van der Waals surface area contributed by atoms with Gasteiger partial charge in [-0.1, -0.05) is 12.1 Å². The van der Waals surface area contributed by atoms with Gasteiger partial charge < -0.3 is 14.2 Å². The number of benzene rings is 2. The molecule has 0 aliphatic rings. The molecule has 0 aliphatic heterocycles. The van der Waals surface area contributed by atoms with Gasteiger partial charge in [0.15, 0.2) is 5.58 Å². The number of fused-ring (bicyclic) bond motifs is 1. The average Bonchev–Trinajstić information content (AvgIpc) is 3.29. The molecule has 4 rings (SSSR count). The van der Waals surface area contributed by atoms with Gasteiger partial charge in [-0.3, -0.25) is 4.79 Å².